The van der Waals surface area contributed by atoms with Crippen molar-refractivity contribution in [3.8, 4) is 0 Å². The van der Waals surface area contributed by atoms with Crippen LogP contribution in [-0.2, 0) is 0 Å². The predicted molar refractivity (Wildman–Crippen MR) is 84.7 cm³/mol. The molecular weight excluding hydrogens is 300 g/mol. The summed E-state index contributed by atoms with van der Waals surface area (Å²) in [5.41, 5.74) is 1.11. The molecule has 2 heterocycles. The average molecular weight is 319 g/mol. The van der Waals surface area contributed by atoms with E-state index in [1.807, 2.05) is 30.3 Å². The number of rotatable bonds is 5. The van der Waals surface area contributed by atoms with Gasteiger partial charge in [0.15, 0.2) is 0 Å². The first kappa shape index (κ1) is 15.8. The molecule has 3 rings (SSSR count). The van der Waals surface area contributed by atoms with Crippen molar-refractivity contribution in [1.82, 2.24) is 15.2 Å². The summed E-state index contributed by atoms with van der Waals surface area (Å²) in [5.74, 6) is -0.264. The summed E-state index contributed by atoms with van der Waals surface area (Å²) in [6.07, 6.45) is -0.618. The second-order valence-electron chi connectivity index (χ2n) is 5.78. The van der Waals surface area contributed by atoms with Crippen LogP contribution in [0, 0.1) is 0 Å². The maximum Gasteiger partial charge on any atom is 0.269 e. The lowest BCUT2D eigenvalue weighted by molar-refractivity contribution is 0.0791. The summed E-state index contributed by atoms with van der Waals surface area (Å²) < 4.78 is 25.1. The first-order valence-corrected chi connectivity index (χ1v) is 7.79. The summed E-state index contributed by atoms with van der Waals surface area (Å²) in [6.45, 7) is 0.813. The largest absolute Gasteiger partial charge is 0.349 e. The Hall–Kier alpha value is -2.08. The van der Waals surface area contributed by atoms with Crippen LogP contribution < -0.4 is 5.32 Å². The average Bonchev–Trinajstić information content (AvgIpc) is 2.98. The van der Waals surface area contributed by atoms with Gasteiger partial charge >= 0.3 is 0 Å². The zero-order valence-electron chi connectivity index (χ0n) is 12.7. The van der Waals surface area contributed by atoms with Crippen LogP contribution in [0.5, 0.6) is 0 Å². The van der Waals surface area contributed by atoms with Gasteiger partial charge in [-0.15, -0.1) is 0 Å². The molecule has 0 saturated carbocycles. The van der Waals surface area contributed by atoms with E-state index in [0.717, 1.165) is 23.7 Å². The van der Waals surface area contributed by atoms with Crippen LogP contribution >= 0.6 is 0 Å². The molecule has 1 atom stereocenters. The van der Waals surface area contributed by atoms with Crippen LogP contribution in [0.1, 0.15) is 23.3 Å². The molecule has 1 fully saturated rings. The maximum atomic E-state index is 12.5. The van der Waals surface area contributed by atoms with E-state index in [-0.39, 0.29) is 18.5 Å². The topological polar surface area (TPSA) is 45.2 Å². The minimum absolute atomic E-state index is 0.0200. The lowest BCUT2D eigenvalue weighted by atomic mass is 10.2. The lowest BCUT2D eigenvalue weighted by Gasteiger charge is -2.24. The SMILES string of the molecule is O=C(NCC1CCCN1CC(F)F)c1ccc2ccccc2n1. The number of carbonyl (C=O) groups excluding carboxylic acids is 1. The third kappa shape index (κ3) is 3.82. The molecule has 1 N–H and O–H groups in total. The Balaban J connectivity index is 1.62. The van der Waals surface area contributed by atoms with E-state index < -0.39 is 6.43 Å². The number of nitrogens with zero attached hydrogens (tertiary/aromatic N) is 2. The van der Waals surface area contributed by atoms with E-state index >= 15 is 0 Å². The third-order valence-electron chi connectivity index (χ3n) is 4.20. The summed E-state index contributed by atoms with van der Waals surface area (Å²) >= 11 is 0. The number of para-hydroxylation sites is 1. The highest BCUT2D eigenvalue weighted by Crippen LogP contribution is 2.18. The fourth-order valence-electron chi connectivity index (χ4n) is 3.04. The van der Waals surface area contributed by atoms with E-state index in [0.29, 0.717) is 18.8 Å². The molecule has 4 nitrogen and oxygen atoms in total. The van der Waals surface area contributed by atoms with Crippen molar-refractivity contribution in [3.63, 3.8) is 0 Å². The van der Waals surface area contributed by atoms with Gasteiger partial charge in [-0.3, -0.25) is 9.69 Å². The highest BCUT2D eigenvalue weighted by Gasteiger charge is 2.27. The molecule has 1 aliphatic rings. The normalized spacial score (nSPS) is 18.7. The van der Waals surface area contributed by atoms with Crippen LogP contribution in [0.4, 0.5) is 8.78 Å². The Morgan fingerprint density at radius 1 is 1.30 bits per heavy atom. The van der Waals surface area contributed by atoms with Crippen molar-refractivity contribution in [2.45, 2.75) is 25.3 Å². The van der Waals surface area contributed by atoms with Gasteiger partial charge in [-0.25, -0.2) is 13.8 Å². The van der Waals surface area contributed by atoms with Crippen molar-refractivity contribution >= 4 is 16.8 Å². The summed E-state index contributed by atoms with van der Waals surface area (Å²) in [7, 11) is 0. The van der Waals surface area contributed by atoms with Crippen LogP contribution in [0.2, 0.25) is 0 Å². The molecule has 0 radical (unpaired) electrons. The maximum absolute atomic E-state index is 12.5. The van der Waals surface area contributed by atoms with E-state index in [2.05, 4.69) is 10.3 Å². The quantitative estimate of drug-likeness (QED) is 0.921. The van der Waals surface area contributed by atoms with Gasteiger partial charge in [0.1, 0.15) is 5.69 Å². The van der Waals surface area contributed by atoms with Crippen molar-refractivity contribution in [2.75, 3.05) is 19.6 Å². The number of benzene rings is 1. The van der Waals surface area contributed by atoms with E-state index in [1.54, 1.807) is 11.0 Å². The summed E-state index contributed by atoms with van der Waals surface area (Å²) in [5, 5.41) is 3.80. The van der Waals surface area contributed by atoms with Crippen molar-refractivity contribution in [2.24, 2.45) is 0 Å². The molecule has 122 valence electrons. The highest BCUT2D eigenvalue weighted by atomic mass is 19.3. The Bertz CT molecular complexity index is 692. The Morgan fingerprint density at radius 3 is 2.96 bits per heavy atom. The Labute approximate surface area is 133 Å². The van der Waals surface area contributed by atoms with Crippen LogP contribution in [0.3, 0.4) is 0 Å². The minimum atomic E-state index is -2.34. The van der Waals surface area contributed by atoms with Gasteiger partial charge < -0.3 is 5.32 Å². The number of pyridine rings is 1. The van der Waals surface area contributed by atoms with Crippen molar-refractivity contribution in [1.29, 1.82) is 0 Å². The molecular formula is C17H19F2N3O. The van der Waals surface area contributed by atoms with Gasteiger partial charge in [0.2, 0.25) is 0 Å². The molecule has 23 heavy (non-hydrogen) atoms. The van der Waals surface area contributed by atoms with Crippen LogP contribution in [-0.4, -0.2) is 47.9 Å². The predicted octanol–water partition coefficient (Wildman–Crippen LogP) is 2.69. The molecule has 0 bridgehead atoms. The molecule has 0 spiro atoms. The van der Waals surface area contributed by atoms with Crippen LogP contribution in [0.15, 0.2) is 36.4 Å². The second-order valence-corrected chi connectivity index (χ2v) is 5.78. The van der Waals surface area contributed by atoms with Crippen LogP contribution in [0.25, 0.3) is 10.9 Å². The van der Waals surface area contributed by atoms with E-state index in [9.17, 15) is 13.6 Å². The molecule has 2 aromatic rings. The number of likely N-dealkylation sites (tertiary alicyclic amines) is 1. The molecule has 0 aliphatic carbocycles. The number of nitrogens with one attached hydrogen (secondary N) is 1. The van der Waals surface area contributed by atoms with Gasteiger partial charge in [0.25, 0.3) is 12.3 Å². The second kappa shape index (κ2) is 7.00. The minimum Gasteiger partial charge on any atom is -0.349 e. The molecule has 1 unspecified atom stereocenters. The lowest BCUT2D eigenvalue weighted by Crippen LogP contribution is -2.42. The molecule has 1 aromatic carbocycles. The molecule has 1 saturated heterocycles. The first-order chi connectivity index (χ1) is 11.1. The monoisotopic (exact) mass is 319 g/mol. The number of carbonyl (C=O) groups is 1. The number of aromatic nitrogens is 1. The van der Waals surface area contributed by atoms with Gasteiger partial charge in [-0.1, -0.05) is 24.3 Å². The standard InChI is InChI=1S/C17H19F2N3O/c18-16(19)11-22-9-3-5-13(22)10-20-17(23)15-8-7-12-4-1-2-6-14(12)21-15/h1-2,4,6-8,13,16H,3,5,9-11H2,(H,20,23). The molecule has 1 amide bonds. The summed E-state index contributed by atoms with van der Waals surface area (Å²) in [6, 6.07) is 11.1. The van der Waals surface area contributed by atoms with Gasteiger partial charge in [-0.05, 0) is 31.5 Å². The molecule has 6 heteroatoms. The smallest absolute Gasteiger partial charge is 0.269 e. The molecule has 1 aromatic heterocycles. The number of hydrogen-bond acceptors (Lipinski definition) is 3. The van der Waals surface area contributed by atoms with Gasteiger partial charge in [0.05, 0.1) is 12.1 Å². The number of halogens is 2. The zero-order chi connectivity index (χ0) is 16.2. The fourth-order valence-corrected chi connectivity index (χ4v) is 3.04. The van der Waals surface area contributed by atoms with Crippen molar-refractivity contribution < 1.29 is 13.6 Å². The number of hydrogen-bond donors (Lipinski definition) is 1. The number of amides is 1. The first-order valence-electron chi connectivity index (χ1n) is 7.79. The number of alkyl halides is 2. The van der Waals surface area contributed by atoms with E-state index in [4.69, 9.17) is 0 Å². The van der Waals surface area contributed by atoms with Crippen molar-refractivity contribution in [3.05, 3.63) is 42.1 Å². The Morgan fingerprint density at radius 2 is 2.13 bits per heavy atom. The van der Waals surface area contributed by atoms with Gasteiger partial charge in [0, 0.05) is 18.0 Å². The molecule has 1 aliphatic heterocycles. The Kier molecular flexibility index (Phi) is 4.81. The van der Waals surface area contributed by atoms with E-state index in [1.165, 1.54) is 0 Å². The third-order valence-corrected chi connectivity index (χ3v) is 4.20. The zero-order valence-corrected chi connectivity index (χ0v) is 12.7. The highest BCUT2D eigenvalue weighted by molar-refractivity contribution is 5.94. The number of fused-ring (bicyclic) bond motifs is 1. The summed E-state index contributed by atoms with van der Waals surface area (Å²) in [4.78, 5) is 18.3. The van der Waals surface area contributed by atoms with Gasteiger partial charge in [-0.2, -0.15) is 0 Å². The fraction of sp³-hybridized carbons (Fsp3) is 0.412.